The number of rotatable bonds is 5. The van der Waals surface area contributed by atoms with E-state index in [0.29, 0.717) is 12.3 Å². The lowest BCUT2D eigenvalue weighted by atomic mass is 9.91. The zero-order valence-electron chi connectivity index (χ0n) is 15.0. The number of ketones is 1. The van der Waals surface area contributed by atoms with Crippen LogP contribution in [0, 0.1) is 11.3 Å². The molecule has 0 aliphatic heterocycles. The fraction of sp³-hybridized carbons (Fsp3) is 0.882. The molecule has 1 atom stereocenters. The summed E-state index contributed by atoms with van der Waals surface area (Å²) in [7, 11) is 0. The summed E-state index contributed by atoms with van der Waals surface area (Å²) in [6, 6.07) is -0.428. The van der Waals surface area contributed by atoms with E-state index in [4.69, 9.17) is 4.74 Å². The molecule has 1 aliphatic carbocycles. The van der Waals surface area contributed by atoms with Gasteiger partial charge in [0, 0.05) is 5.41 Å². The second kappa shape index (κ2) is 7.81. The average Bonchev–Trinajstić information content (AvgIpc) is 3.06. The van der Waals surface area contributed by atoms with E-state index in [-0.39, 0.29) is 11.2 Å². The lowest BCUT2D eigenvalue weighted by Crippen LogP contribution is -2.46. The van der Waals surface area contributed by atoms with Crippen LogP contribution in [0.25, 0.3) is 0 Å². The van der Waals surface area contributed by atoms with Crippen molar-refractivity contribution in [3.63, 3.8) is 0 Å². The van der Waals surface area contributed by atoms with E-state index in [0.717, 1.165) is 12.8 Å². The van der Waals surface area contributed by atoms with Crippen molar-refractivity contribution in [3.8, 4) is 0 Å². The molecule has 4 nitrogen and oxygen atoms in total. The molecule has 1 N–H and O–H groups in total. The van der Waals surface area contributed by atoms with Crippen LogP contribution < -0.4 is 5.32 Å². The third-order valence-electron chi connectivity index (χ3n) is 3.31. The van der Waals surface area contributed by atoms with Crippen LogP contribution in [0.2, 0.25) is 0 Å². The van der Waals surface area contributed by atoms with E-state index in [9.17, 15) is 9.59 Å². The Bertz CT molecular complexity index is 352. The zero-order valence-corrected chi connectivity index (χ0v) is 15.0. The molecule has 1 fully saturated rings. The molecular formula is C17H33NO3. The molecule has 1 unspecified atom stereocenters. The summed E-state index contributed by atoms with van der Waals surface area (Å²) in [5, 5.41) is 2.74. The van der Waals surface area contributed by atoms with E-state index < -0.39 is 17.7 Å². The number of hydrogen-bond acceptors (Lipinski definition) is 3. The van der Waals surface area contributed by atoms with Crippen molar-refractivity contribution in [2.24, 2.45) is 11.3 Å². The van der Waals surface area contributed by atoms with Gasteiger partial charge in [0.1, 0.15) is 5.60 Å². The molecule has 4 heteroatoms. The standard InChI is InChI=1S/C15H27NO3.C2H6/c1-10(2)9-11(12(17)15(6)7-8-15)16-13(18)19-14(3,4)5;1-2/h10-11H,7-9H2,1-6H3,(H,16,18);1-2H3. The van der Waals surface area contributed by atoms with Crippen LogP contribution in [0.3, 0.4) is 0 Å². The number of carbonyl (C=O) groups excluding carboxylic acids is 2. The van der Waals surface area contributed by atoms with Gasteiger partial charge in [-0.2, -0.15) is 0 Å². The largest absolute Gasteiger partial charge is 0.444 e. The first-order valence-corrected chi connectivity index (χ1v) is 8.07. The van der Waals surface area contributed by atoms with E-state index >= 15 is 0 Å². The molecule has 0 aromatic rings. The molecule has 1 amide bonds. The number of amides is 1. The van der Waals surface area contributed by atoms with Crippen LogP contribution in [-0.2, 0) is 9.53 Å². The summed E-state index contributed by atoms with van der Waals surface area (Å²) in [6.07, 6.45) is 2.01. The Hall–Kier alpha value is -1.06. The molecule has 0 aromatic carbocycles. The van der Waals surface area contributed by atoms with Crippen LogP contribution in [0.15, 0.2) is 0 Å². The summed E-state index contributed by atoms with van der Waals surface area (Å²) < 4.78 is 5.23. The van der Waals surface area contributed by atoms with E-state index in [2.05, 4.69) is 5.32 Å². The highest BCUT2D eigenvalue weighted by atomic mass is 16.6. The van der Waals surface area contributed by atoms with Gasteiger partial charge >= 0.3 is 6.09 Å². The maximum Gasteiger partial charge on any atom is 0.408 e. The topological polar surface area (TPSA) is 55.4 Å². The summed E-state index contributed by atoms with van der Waals surface area (Å²) in [5.41, 5.74) is -0.770. The van der Waals surface area contributed by atoms with Crippen molar-refractivity contribution < 1.29 is 14.3 Å². The molecule has 124 valence electrons. The Morgan fingerprint density at radius 1 is 1.19 bits per heavy atom. The second-order valence-corrected chi connectivity index (χ2v) is 7.25. The molecule has 0 bridgehead atoms. The van der Waals surface area contributed by atoms with E-state index in [1.807, 2.05) is 55.4 Å². The normalized spacial score (nSPS) is 17.4. The summed E-state index contributed by atoms with van der Waals surface area (Å²) in [6.45, 7) is 15.5. The molecule has 0 saturated heterocycles. The van der Waals surface area contributed by atoms with Crippen molar-refractivity contribution in [2.75, 3.05) is 0 Å². The Labute approximate surface area is 130 Å². The molecule has 21 heavy (non-hydrogen) atoms. The quantitative estimate of drug-likeness (QED) is 0.822. The van der Waals surface area contributed by atoms with E-state index in [1.165, 1.54) is 0 Å². The fourth-order valence-corrected chi connectivity index (χ4v) is 2.01. The number of Topliss-reactive ketones (excluding diaryl/α,β-unsaturated/α-hetero) is 1. The zero-order chi connectivity index (χ0) is 16.8. The van der Waals surface area contributed by atoms with Gasteiger partial charge in [-0.1, -0.05) is 34.6 Å². The smallest absolute Gasteiger partial charge is 0.408 e. The summed E-state index contributed by atoms with van der Waals surface area (Å²) in [5.74, 6) is 0.498. The number of nitrogens with one attached hydrogen (secondary N) is 1. The highest BCUT2D eigenvalue weighted by molar-refractivity contribution is 5.93. The molecule has 1 aliphatic rings. The van der Waals surface area contributed by atoms with Crippen molar-refractivity contribution in [3.05, 3.63) is 0 Å². The predicted molar refractivity (Wildman–Crippen MR) is 86.3 cm³/mol. The van der Waals surface area contributed by atoms with Crippen molar-refractivity contribution in [1.82, 2.24) is 5.32 Å². The molecule has 0 aromatic heterocycles. The Balaban J connectivity index is 0.00000191. The predicted octanol–water partition coefficient (Wildman–Crippen LogP) is 4.32. The minimum Gasteiger partial charge on any atom is -0.444 e. The number of carbonyl (C=O) groups is 2. The molecule has 0 heterocycles. The number of hydrogen-bond donors (Lipinski definition) is 1. The van der Waals surface area contributed by atoms with Gasteiger partial charge in [0.2, 0.25) is 0 Å². The van der Waals surface area contributed by atoms with Gasteiger partial charge in [-0.3, -0.25) is 4.79 Å². The third-order valence-corrected chi connectivity index (χ3v) is 3.31. The minimum atomic E-state index is -0.543. The van der Waals surface area contributed by atoms with Gasteiger partial charge < -0.3 is 10.1 Å². The van der Waals surface area contributed by atoms with Crippen molar-refractivity contribution in [1.29, 1.82) is 0 Å². The summed E-state index contributed by atoms with van der Waals surface area (Å²) in [4.78, 5) is 24.2. The first-order valence-electron chi connectivity index (χ1n) is 8.07. The van der Waals surface area contributed by atoms with Crippen LogP contribution in [0.4, 0.5) is 4.79 Å². The first kappa shape index (κ1) is 19.9. The highest BCUT2D eigenvalue weighted by Gasteiger charge is 2.47. The second-order valence-electron chi connectivity index (χ2n) is 7.25. The number of alkyl carbamates (subject to hydrolysis) is 1. The maximum absolute atomic E-state index is 12.4. The lowest BCUT2D eigenvalue weighted by molar-refractivity contribution is -0.126. The van der Waals surface area contributed by atoms with Crippen LogP contribution in [0.5, 0.6) is 0 Å². The van der Waals surface area contributed by atoms with Gasteiger partial charge in [0.15, 0.2) is 5.78 Å². The lowest BCUT2D eigenvalue weighted by Gasteiger charge is -2.25. The average molecular weight is 299 g/mol. The number of ether oxygens (including phenoxy) is 1. The van der Waals surface area contributed by atoms with E-state index in [1.54, 1.807) is 0 Å². The molecule has 0 radical (unpaired) electrons. The Morgan fingerprint density at radius 3 is 2.00 bits per heavy atom. The third kappa shape index (κ3) is 7.49. The minimum absolute atomic E-state index is 0.145. The fourth-order valence-electron chi connectivity index (χ4n) is 2.01. The highest BCUT2D eigenvalue weighted by Crippen LogP contribution is 2.47. The monoisotopic (exact) mass is 299 g/mol. The SMILES string of the molecule is CC.CC(C)CC(NC(=O)OC(C)(C)C)C(=O)C1(C)CC1. The Morgan fingerprint density at radius 2 is 1.67 bits per heavy atom. The summed E-state index contributed by atoms with van der Waals surface area (Å²) >= 11 is 0. The molecule has 1 saturated carbocycles. The van der Waals surface area contributed by atoms with Crippen LogP contribution in [-0.4, -0.2) is 23.5 Å². The first-order chi connectivity index (χ1) is 9.53. The Kier molecular flexibility index (Phi) is 7.41. The van der Waals surface area contributed by atoms with Crippen LogP contribution in [0.1, 0.15) is 74.7 Å². The van der Waals surface area contributed by atoms with Gasteiger partial charge in [-0.25, -0.2) is 4.79 Å². The van der Waals surface area contributed by atoms with Crippen molar-refractivity contribution in [2.45, 2.75) is 86.3 Å². The van der Waals surface area contributed by atoms with Gasteiger partial charge in [0.05, 0.1) is 6.04 Å². The van der Waals surface area contributed by atoms with Gasteiger partial charge in [-0.15, -0.1) is 0 Å². The molecule has 0 spiro atoms. The molecule has 1 rings (SSSR count). The maximum atomic E-state index is 12.4. The van der Waals surface area contributed by atoms with Crippen molar-refractivity contribution >= 4 is 11.9 Å². The van der Waals surface area contributed by atoms with Crippen LogP contribution >= 0.6 is 0 Å². The molecular weight excluding hydrogens is 266 g/mol. The van der Waals surface area contributed by atoms with Gasteiger partial charge in [-0.05, 0) is 46.0 Å². The van der Waals surface area contributed by atoms with Gasteiger partial charge in [0.25, 0.3) is 0 Å².